The molecule has 1 aliphatic heterocycles. The Balaban J connectivity index is 1.59. The van der Waals surface area contributed by atoms with Crippen molar-refractivity contribution in [1.82, 2.24) is 15.3 Å². The number of aromatic nitrogens is 2. The summed E-state index contributed by atoms with van der Waals surface area (Å²) in [4.78, 5) is 22.9. The first kappa shape index (κ1) is 24.6. The third-order valence-corrected chi connectivity index (χ3v) is 5.70. The fraction of sp³-hybridized carbons (Fsp3) is 0.292. The minimum atomic E-state index is -4.66. The average Bonchev–Trinajstić information content (AvgIpc) is 3.26. The van der Waals surface area contributed by atoms with Crippen LogP contribution in [-0.2, 0) is 19.0 Å². The molecule has 1 aliphatic rings. The molecule has 0 bridgehead atoms. The molecule has 0 atom stereocenters. The number of alkyl halides is 3. The van der Waals surface area contributed by atoms with Crippen molar-refractivity contribution in [3.05, 3.63) is 82.6 Å². The molecule has 0 spiro atoms. The van der Waals surface area contributed by atoms with E-state index in [1.807, 2.05) is 11.0 Å². The first-order chi connectivity index (χ1) is 16.7. The highest BCUT2D eigenvalue weighted by molar-refractivity contribution is 5.98. The monoisotopic (exact) mass is 490 g/mol. The summed E-state index contributed by atoms with van der Waals surface area (Å²) < 4.78 is 52.9. The van der Waals surface area contributed by atoms with Crippen LogP contribution in [-0.4, -0.2) is 51.9 Å². The number of halogens is 4. The van der Waals surface area contributed by atoms with E-state index in [2.05, 4.69) is 15.3 Å². The number of anilines is 2. The summed E-state index contributed by atoms with van der Waals surface area (Å²) in [6.45, 7) is -0.302. The lowest BCUT2D eigenvalue weighted by atomic mass is 10.0. The highest BCUT2D eigenvalue weighted by Gasteiger charge is 2.31. The van der Waals surface area contributed by atoms with Gasteiger partial charge in [-0.05, 0) is 47.9 Å². The van der Waals surface area contributed by atoms with Crippen LogP contribution in [0.5, 0.6) is 0 Å². The lowest BCUT2D eigenvalue weighted by Crippen LogP contribution is -2.40. The number of amides is 1. The number of aliphatic hydroxyl groups is 2. The van der Waals surface area contributed by atoms with E-state index in [1.165, 1.54) is 6.33 Å². The van der Waals surface area contributed by atoms with E-state index in [0.29, 0.717) is 36.1 Å². The lowest BCUT2D eigenvalue weighted by Gasteiger charge is -2.20. The summed E-state index contributed by atoms with van der Waals surface area (Å²) in [5, 5.41) is 21.0. The summed E-state index contributed by atoms with van der Waals surface area (Å²) in [5.74, 6) is -0.915. The number of fused-ring (bicyclic) bond motifs is 1. The van der Waals surface area contributed by atoms with Crippen LogP contribution in [0.4, 0.5) is 29.1 Å². The van der Waals surface area contributed by atoms with Gasteiger partial charge in [0.25, 0.3) is 5.91 Å². The zero-order valence-electron chi connectivity index (χ0n) is 18.4. The van der Waals surface area contributed by atoms with Gasteiger partial charge in [0.2, 0.25) is 0 Å². The molecule has 3 N–H and O–H groups in total. The third-order valence-electron chi connectivity index (χ3n) is 5.70. The lowest BCUT2D eigenvalue weighted by molar-refractivity contribution is -0.137. The third kappa shape index (κ3) is 5.41. The average molecular weight is 490 g/mol. The van der Waals surface area contributed by atoms with Gasteiger partial charge in [-0.25, -0.2) is 14.4 Å². The molecule has 11 heteroatoms. The smallest absolute Gasteiger partial charge is 0.394 e. The number of benzene rings is 2. The molecular weight excluding hydrogens is 468 g/mol. The molecule has 3 aromatic rings. The highest BCUT2D eigenvalue weighted by Crippen LogP contribution is 2.36. The zero-order valence-corrected chi connectivity index (χ0v) is 18.4. The van der Waals surface area contributed by atoms with Crippen molar-refractivity contribution in [2.24, 2.45) is 0 Å². The molecule has 35 heavy (non-hydrogen) atoms. The molecule has 184 valence electrons. The van der Waals surface area contributed by atoms with E-state index in [4.69, 9.17) is 0 Å². The van der Waals surface area contributed by atoms with Crippen LogP contribution < -0.4 is 10.2 Å². The Morgan fingerprint density at radius 2 is 1.89 bits per heavy atom. The van der Waals surface area contributed by atoms with Crippen molar-refractivity contribution in [1.29, 1.82) is 0 Å². The minimum Gasteiger partial charge on any atom is -0.394 e. The fourth-order valence-corrected chi connectivity index (χ4v) is 4.05. The maximum Gasteiger partial charge on any atom is 0.416 e. The summed E-state index contributed by atoms with van der Waals surface area (Å²) >= 11 is 0. The predicted octanol–water partition coefficient (Wildman–Crippen LogP) is 3.00. The Morgan fingerprint density at radius 1 is 1.11 bits per heavy atom. The zero-order chi connectivity index (χ0) is 25.2. The van der Waals surface area contributed by atoms with Gasteiger partial charge < -0.3 is 20.4 Å². The van der Waals surface area contributed by atoms with Crippen LogP contribution in [0, 0.1) is 5.82 Å². The van der Waals surface area contributed by atoms with E-state index in [0.717, 1.165) is 23.4 Å². The molecule has 0 aliphatic carbocycles. The summed E-state index contributed by atoms with van der Waals surface area (Å²) in [5.41, 5.74) is 1.38. The van der Waals surface area contributed by atoms with Crippen LogP contribution in [0.3, 0.4) is 0 Å². The molecule has 2 heterocycles. The number of nitrogens with one attached hydrogen (secondary N) is 1. The number of carbonyl (C=O) groups excluding carboxylic acids is 1. The summed E-state index contributed by atoms with van der Waals surface area (Å²) in [6.07, 6.45) is -2.87. The minimum absolute atomic E-state index is 0.0246. The van der Waals surface area contributed by atoms with Gasteiger partial charge in [0.15, 0.2) is 0 Å². The van der Waals surface area contributed by atoms with Gasteiger partial charge in [-0.1, -0.05) is 6.07 Å². The fourth-order valence-electron chi connectivity index (χ4n) is 4.05. The van der Waals surface area contributed by atoms with Gasteiger partial charge in [-0.15, -0.1) is 0 Å². The largest absolute Gasteiger partial charge is 0.416 e. The molecule has 1 aromatic heterocycles. The molecule has 4 rings (SSSR count). The molecule has 0 radical (unpaired) electrons. The Morgan fingerprint density at radius 3 is 2.60 bits per heavy atom. The number of hydrogen-bond donors (Lipinski definition) is 3. The van der Waals surface area contributed by atoms with E-state index >= 15 is 0 Å². The number of carbonyl (C=O) groups is 1. The Hall–Kier alpha value is -3.57. The van der Waals surface area contributed by atoms with Crippen molar-refractivity contribution in [3.8, 4) is 0 Å². The van der Waals surface area contributed by atoms with E-state index in [1.54, 1.807) is 18.2 Å². The van der Waals surface area contributed by atoms with E-state index in [-0.39, 0.29) is 12.0 Å². The number of rotatable bonds is 7. The topological polar surface area (TPSA) is 98.6 Å². The van der Waals surface area contributed by atoms with E-state index < -0.39 is 42.7 Å². The molecule has 0 saturated carbocycles. The standard InChI is InChI=1S/C24H22F4N4O3/c25-16-7-14(6-15(9-16)24(26,27)28)8-17-10-22(30-13-29-17)32-5-4-19-20(2-1-3-21(19)32)23(35)31-18(11-33)12-34/h1-3,6-7,9-10,13,18,33-34H,4-5,8,11-12H2,(H,31,35). The summed E-state index contributed by atoms with van der Waals surface area (Å²) in [6, 6.07) is 8.40. The Kier molecular flexibility index (Phi) is 6.99. The van der Waals surface area contributed by atoms with Crippen molar-refractivity contribution in [2.45, 2.75) is 25.1 Å². The SMILES string of the molecule is O=C(NC(CO)CO)c1cccc2c1CCN2c1cc(Cc2cc(F)cc(C(F)(F)F)c2)ncn1. The molecule has 1 amide bonds. The molecule has 7 nitrogen and oxygen atoms in total. The maximum absolute atomic E-state index is 13.8. The second-order valence-electron chi connectivity index (χ2n) is 8.13. The van der Waals surface area contributed by atoms with Crippen molar-refractivity contribution < 1.29 is 32.6 Å². The summed E-state index contributed by atoms with van der Waals surface area (Å²) in [7, 11) is 0. The van der Waals surface area contributed by atoms with Gasteiger partial charge in [0.05, 0.1) is 30.5 Å². The molecule has 0 unspecified atom stereocenters. The first-order valence-electron chi connectivity index (χ1n) is 10.8. The first-order valence-corrected chi connectivity index (χ1v) is 10.8. The molecule has 0 fully saturated rings. The number of aliphatic hydroxyl groups excluding tert-OH is 2. The highest BCUT2D eigenvalue weighted by atomic mass is 19.4. The molecular formula is C24H22F4N4O3. The maximum atomic E-state index is 13.8. The van der Waals surface area contributed by atoms with Gasteiger partial charge >= 0.3 is 6.18 Å². The van der Waals surface area contributed by atoms with Gasteiger partial charge in [0.1, 0.15) is 18.0 Å². The van der Waals surface area contributed by atoms with Crippen LogP contribution in [0.1, 0.15) is 32.7 Å². The van der Waals surface area contributed by atoms with Crippen molar-refractivity contribution in [2.75, 3.05) is 24.7 Å². The van der Waals surface area contributed by atoms with Gasteiger partial charge in [0, 0.05) is 30.3 Å². The van der Waals surface area contributed by atoms with Gasteiger partial charge in [-0.2, -0.15) is 13.2 Å². The number of hydrogen-bond acceptors (Lipinski definition) is 6. The van der Waals surface area contributed by atoms with Crippen LogP contribution >= 0.6 is 0 Å². The Labute approximate surface area is 198 Å². The van der Waals surface area contributed by atoms with Crippen molar-refractivity contribution in [3.63, 3.8) is 0 Å². The second kappa shape index (κ2) is 9.96. The second-order valence-corrected chi connectivity index (χ2v) is 8.13. The van der Waals surface area contributed by atoms with Crippen LogP contribution in [0.25, 0.3) is 0 Å². The van der Waals surface area contributed by atoms with E-state index in [9.17, 15) is 32.6 Å². The van der Waals surface area contributed by atoms with Crippen LogP contribution in [0.2, 0.25) is 0 Å². The van der Waals surface area contributed by atoms with Crippen molar-refractivity contribution >= 4 is 17.4 Å². The molecule has 0 saturated heterocycles. The van der Waals surface area contributed by atoms with Gasteiger partial charge in [-0.3, -0.25) is 4.79 Å². The predicted molar refractivity (Wildman–Crippen MR) is 119 cm³/mol. The molecule has 2 aromatic carbocycles. The normalized spacial score (nSPS) is 13.3. The number of nitrogens with zero attached hydrogens (tertiary/aromatic N) is 3. The Bertz CT molecular complexity index is 1230. The van der Waals surface area contributed by atoms with Crippen LogP contribution in [0.15, 0.2) is 48.8 Å². The quantitative estimate of drug-likeness (QED) is 0.441.